The molecule has 1 aliphatic heterocycles. The summed E-state index contributed by atoms with van der Waals surface area (Å²) in [5.41, 5.74) is 3.70. The van der Waals surface area contributed by atoms with Gasteiger partial charge in [0.05, 0.1) is 12.1 Å². The summed E-state index contributed by atoms with van der Waals surface area (Å²) in [5.74, 6) is 0.125. The number of amides is 1. The zero-order valence-corrected chi connectivity index (χ0v) is 11.4. The van der Waals surface area contributed by atoms with Crippen LogP contribution >= 0.6 is 0 Å². The molecule has 0 radical (unpaired) electrons. The van der Waals surface area contributed by atoms with Crippen LogP contribution in [0.25, 0.3) is 0 Å². The average molecular weight is 246 g/mol. The van der Waals surface area contributed by atoms with E-state index in [1.54, 1.807) is 0 Å². The Morgan fingerprint density at radius 1 is 1.44 bits per heavy atom. The van der Waals surface area contributed by atoms with Gasteiger partial charge in [0.1, 0.15) is 0 Å². The molecule has 1 amide bonds. The van der Waals surface area contributed by atoms with Gasteiger partial charge in [0, 0.05) is 0 Å². The number of benzene rings is 1. The van der Waals surface area contributed by atoms with Gasteiger partial charge in [-0.2, -0.15) is 0 Å². The molecule has 0 saturated carbocycles. The molecular formula is C15H22N2O. The highest BCUT2D eigenvalue weighted by Gasteiger charge is 2.23. The largest absolute Gasteiger partial charge is 0.348 e. The van der Waals surface area contributed by atoms with Crippen molar-refractivity contribution in [3.8, 4) is 0 Å². The number of carbonyl (C=O) groups is 1. The molecule has 2 atom stereocenters. The third-order valence-corrected chi connectivity index (χ3v) is 3.63. The Bertz CT molecular complexity index is 436. The lowest BCUT2D eigenvalue weighted by Crippen LogP contribution is -2.41. The maximum Gasteiger partial charge on any atom is 0.237 e. The van der Waals surface area contributed by atoms with Gasteiger partial charge in [-0.15, -0.1) is 0 Å². The van der Waals surface area contributed by atoms with Crippen molar-refractivity contribution in [1.29, 1.82) is 0 Å². The summed E-state index contributed by atoms with van der Waals surface area (Å²) in [6.45, 7) is 7.18. The highest BCUT2D eigenvalue weighted by molar-refractivity contribution is 5.82. The zero-order chi connectivity index (χ0) is 13.1. The normalized spacial score (nSPS) is 20.7. The summed E-state index contributed by atoms with van der Waals surface area (Å²) in [5, 5.41) is 6.32. The van der Waals surface area contributed by atoms with Crippen molar-refractivity contribution in [3.05, 3.63) is 34.9 Å². The fourth-order valence-corrected chi connectivity index (χ4v) is 2.61. The van der Waals surface area contributed by atoms with Crippen LogP contribution in [0.4, 0.5) is 0 Å². The summed E-state index contributed by atoms with van der Waals surface area (Å²) >= 11 is 0. The van der Waals surface area contributed by atoms with Crippen molar-refractivity contribution < 1.29 is 4.79 Å². The van der Waals surface area contributed by atoms with Gasteiger partial charge in [-0.25, -0.2) is 0 Å². The van der Waals surface area contributed by atoms with Gasteiger partial charge in [0.2, 0.25) is 5.91 Å². The first-order chi connectivity index (χ1) is 8.58. The van der Waals surface area contributed by atoms with Crippen LogP contribution in [0.1, 0.15) is 42.5 Å². The first kappa shape index (κ1) is 13.1. The van der Waals surface area contributed by atoms with Crippen LogP contribution in [0, 0.1) is 13.8 Å². The zero-order valence-electron chi connectivity index (χ0n) is 11.4. The molecule has 0 bridgehead atoms. The lowest BCUT2D eigenvalue weighted by Gasteiger charge is -2.19. The molecule has 2 N–H and O–H groups in total. The fraction of sp³-hybridized carbons (Fsp3) is 0.533. The quantitative estimate of drug-likeness (QED) is 0.858. The number of aryl methyl sites for hydroxylation is 2. The van der Waals surface area contributed by atoms with Gasteiger partial charge in [-0.05, 0) is 51.3 Å². The van der Waals surface area contributed by atoms with Crippen LogP contribution in [0.2, 0.25) is 0 Å². The molecule has 1 fully saturated rings. The molecule has 1 aromatic rings. The predicted octanol–water partition coefficient (Wildman–Crippen LogP) is 2.23. The minimum atomic E-state index is -0.00166. The predicted molar refractivity (Wildman–Crippen MR) is 73.5 cm³/mol. The maximum atomic E-state index is 12.0. The summed E-state index contributed by atoms with van der Waals surface area (Å²) < 4.78 is 0. The van der Waals surface area contributed by atoms with Crippen molar-refractivity contribution in [2.75, 3.05) is 6.54 Å². The lowest BCUT2D eigenvalue weighted by molar-refractivity contribution is -0.123. The molecule has 1 saturated heterocycles. The summed E-state index contributed by atoms with van der Waals surface area (Å²) in [7, 11) is 0. The summed E-state index contributed by atoms with van der Waals surface area (Å²) in [6.07, 6.45) is 2.04. The number of carbonyl (C=O) groups excluding carboxylic acids is 1. The van der Waals surface area contributed by atoms with E-state index in [4.69, 9.17) is 0 Å². The first-order valence-corrected chi connectivity index (χ1v) is 6.69. The minimum Gasteiger partial charge on any atom is -0.348 e. The van der Waals surface area contributed by atoms with Crippen LogP contribution in [0.3, 0.4) is 0 Å². The molecule has 0 aromatic heterocycles. The molecule has 98 valence electrons. The first-order valence-electron chi connectivity index (χ1n) is 6.69. The van der Waals surface area contributed by atoms with Crippen molar-refractivity contribution in [2.24, 2.45) is 0 Å². The Kier molecular flexibility index (Phi) is 4.02. The Hall–Kier alpha value is -1.35. The topological polar surface area (TPSA) is 41.1 Å². The monoisotopic (exact) mass is 246 g/mol. The average Bonchev–Trinajstić information content (AvgIpc) is 2.81. The van der Waals surface area contributed by atoms with Gasteiger partial charge < -0.3 is 10.6 Å². The van der Waals surface area contributed by atoms with Gasteiger partial charge >= 0.3 is 0 Å². The minimum absolute atomic E-state index is 0.00166. The highest BCUT2D eigenvalue weighted by atomic mass is 16.2. The van der Waals surface area contributed by atoms with Gasteiger partial charge in [-0.1, -0.05) is 23.8 Å². The second-order valence-corrected chi connectivity index (χ2v) is 5.24. The van der Waals surface area contributed by atoms with E-state index in [1.165, 1.54) is 16.7 Å². The number of hydrogen-bond donors (Lipinski definition) is 2. The Morgan fingerprint density at radius 3 is 2.83 bits per heavy atom. The van der Waals surface area contributed by atoms with E-state index in [0.717, 1.165) is 19.4 Å². The highest BCUT2D eigenvalue weighted by Crippen LogP contribution is 2.19. The van der Waals surface area contributed by atoms with Gasteiger partial charge in [0.25, 0.3) is 0 Å². The summed E-state index contributed by atoms with van der Waals surface area (Å²) in [4.78, 5) is 12.0. The van der Waals surface area contributed by atoms with E-state index in [-0.39, 0.29) is 18.0 Å². The molecule has 1 aromatic carbocycles. The van der Waals surface area contributed by atoms with Gasteiger partial charge in [-0.3, -0.25) is 4.79 Å². The number of rotatable bonds is 3. The summed E-state index contributed by atoms with van der Waals surface area (Å²) in [6, 6.07) is 6.43. The molecule has 1 aliphatic rings. The van der Waals surface area contributed by atoms with E-state index in [2.05, 4.69) is 42.7 Å². The Labute approximate surface area is 109 Å². The number of nitrogens with one attached hydrogen (secondary N) is 2. The molecular weight excluding hydrogens is 224 g/mol. The van der Waals surface area contributed by atoms with Crippen LogP contribution in [0.15, 0.2) is 18.2 Å². The SMILES string of the molecule is Cc1ccc(C(C)NC(=O)[C@H]2CCCN2)c(C)c1. The third-order valence-electron chi connectivity index (χ3n) is 3.63. The lowest BCUT2D eigenvalue weighted by atomic mass is 10.00. The van der Waals surface area contributed by atoms with E-state index >= 15 is 0 Å². The standard InChI is InChI=1S/C15H22N2O/c1-10-6-7-13(11(2)9-10)12(3)17-15(18)14-5-4-8-16-14/h6-7,9,12,14,16H,4-5,8H2,1-3H3,(H,17,18)/t12?,14-/m1/s1. The van der Waals surface area contributed by atoms with Crippen LogP contribution in [-0.2, 0) is 4.79 Å². The molecule has 3 heteroatoms. The van der Waals surface area contributed by atoms with E-state index in [0.29, 0.717) is 0 Å². The molecule has 1 unspecified atom stereocenters. The van der Waals surface area contributed by atoms with Crippen molar-refractivity contribution in [1.82, 2.24) is 10.6 Å². The molecule has 3 nitrogen and oxygen atoms in total. The van der Waals surface area contributed by atoms with Gasteiger partial charge in [0.15, 0.2) is 0 Å². The number of hydrogen-bond acceptors (Lipinski definition) is 2. The molecule has 18 heavy (non-hydrogen) atoms. The van der Waals surface area contributed by atoms with Crippen LogP contribution in [-0.4, -0.2) is 18.5 Å². The second kappa shape index (κ2) is 5.53. The second-order valence-electron chi connectivity index (χ2n) is 5.24. The van der Waals surface area contributed by atoms with Crippen molar-refractivity contribution in [2.45, 2.75) is 45.7 Å². The maximum absolute atomic E-state index is 12.0. The molecule has 0 spiro atoms. The molecule has 2 rings (SSSR count). The molecule has 1 heterocycles. The molecule has 0 aliphatic carbocycles. The Morgan fingerprint density at radius 2 is 2.22 bits per heavy atom. The fourth-order valence-electron chi connectivity index (χ4n) is 2.61. The van der Waals surface area contributed by atoms with E-state index in [1.807, 2.05) is 6.92 Å². The van der Waals surface area contributed by atoms with Crippen molar-refractivity contribution in [3.63, 3.8) is 0 Å². The Balaban J connectivity index is 2.02. The smallest absolute Gasteiger partial charge is 0.237 e. The van der Waals surface area contributed by atoms with Crippen LogP contribution < -0.4 is 10.6 Å². The van der Waals surface area contributed by atoms with Crippen molar-refractivity contribution >= 4 is 5.91 Å². The van der Waals surface area contributed by atoms with Crippen LogP contribution in [0.5, 0.6) is 0 Å². The third kappa shape index (κ3) is 2.91. The van der Waals surface area contributed by atoms with E-state index < -0.39 is 0 Å². The van der Waals surface area contributed by atoms with E-state index in [9.17, 15) is 4.79 Å².